The van der Waals surface area contributed by atoms with Gasteiger partial charge in [-0.3, -0.25) is 4.98 Å². The molecule has 3 aromatic rings. The molecule has 0 spiro atoms. The minimum absolute atomic E-state index is 0.261. The first-order valence-electron chi connectivity index (χ1n) is 5.52. The van der Waals surface area contributed by atoms with Gasteiger partial charge < -0.3 is 9.52 Å². The molecule has 3 nitrogen and oxygen atoms in total. The number of aromatic nitrogens is 1. The van der Waals surface area contributed by atoms with Gasteiger partial charge in [0.1, 0.15) is 11.9 Å². The minimum atomic E-state index is -0.865. The fourth-order valence-electron chi connectivity index (χ4n) is 1.98. The fourth-order valence-corrected chi connectivity index (χ4v) is 2.13. The number of pyridine rings is 1. The van der Waals surface area contributed by atoms with Crippen LogP contribution in [0.15, 0.2) is 53.1 Å². The molecule has 4 heteroatoms. The van der Waals surface area contributed by atoms with Crippen molar-refractivity contribution in [3.63, 3.8) is 0 Å². The number of rotatable bonds is 2. The fraction of sp³-hybridized carbons (Fsp3) is 0.0714. The zero-order valence-electron chi connectivity index (χ0n) is 9.38. The summed E-state index contributed by atoms with van der Waals surface area (Å²) in [5.41, 5.74) is 1.47. The Morgan fingerprint density at radius 3 is 2.72 bits per heavy atom. The molecule has 0 aliphatic carbocycles. The molecule has 2 aromatic heterocycles. The Labute approximate surface area is 109 Å². The number of hydrogen-bond donors (Lipinski definition) is 1. The summed E-state index contributed by atoms with van der Waals surface area (Å²) in [5, 5.41) is 11.6. The molecule has 2 heterocycles. The predicted octanol–water partition coefficient (Wildman–Crippen LogP) is 3.56. The third kappa shape index (κ3) is 1.88. The van der Waals surface area contributed by atoms with Gasteiger partial charge in [-0.25, -0.2) is 0 Å². The molecule has 0 fully saturated rings. The maximum absolute atomic E-state index is 10.3. The average Bonchev–Trinajstić information content (AvgIpc) is 2.84. The van der Waals surface area contributed by atoms with Gasteiger partial charge in [0.15, 0.2) is 5.22 Å². The summed E-state index contributed by atoms with van der Waals surface area (Å²) in [6.45, 7) is 0. The molecule has 0 saturated carbocycles. The van der Waals surface area contributed by atoms with Crippen molar-refractivity contribution < 1.29 is 9.52 Å². The summed E-state index contributed by atoms with van der Waals surface area (Å²) < 4.78 is 5.24. The normalized spacial score (nSPS) is 12.8. The van der Waals surface area contributed by atoms with Crippen molar-refractivity contribution in [2.24, 2.45) is 0 Å². The van der Waals surface area contributed by atoms with Crippen LogP contribution in [0.1, 0.15) is 17.4 Å². The van der Waals surface area contributed by atoms with E-state index in [2.05, 4.69) is 4.98 Å². The summed E-state index contributed by atoms with van der Waals surface area (Å²) in [4.78, 5) is 4.30. The highest BCUT2D eigenvalue weighted by Crippen LogP contribution is 2.29. The van der Waals surface area contributed by atoms with Crippen LogP contribution in [0, 0.1) is 0 Å². The number of furan rings is 1. The smallest absolute Gasteiger partial charge is 0.193 e. The van der Waals surface area contributed by atoms with Crippen LogP contribution in [0.4, 0.5) is 0 Å². The molecule has 90 valence electrons. The monoisotopic (exact) mass is 259 g/mol. The summed E-state index contributed by atoms with van der Waals surface area (Å²) in [7, 11) is 0. The number of fused-ring (bicyclic) bond motifs is 1. The van der Waals surface area contributed by atoms with E-state index < -0.39 is 6.10 Å². The van der Waals surface area contributed by atoms with Crippen molar-refractivity contribution in [2.75, 3.05) is 0 Å². The first kappa shape index (κ1) is 11.3. The summed E-state index contributed by atoms with van der Waals surface area (Å²) in [5.74, 6) is 0.415. The Morgan fingerprint density at radius 1 is 1.11 bits per heavy atom. The number of halogens is 1. The SMILES string of the molecule is OC(c1ccc(Cl)o1)c1cccc2cccnc12. The molecular weight excluding hydrogens is 250 g/mol. The topological polar surface area (TPSA) is 46.3 Å². The minimum Gasteiger partial charge on any atom is -0.447 e. The third-order valence-corrected chi connectivity index (χ3v) is 3.03. The molecule has 0 bridgehead atoms. The molecule has 1 unspecified atom stereocenters. The van der Waals surface area contributed by atoms with Crippen LogP contribution in [-0.4, -0.2) is 10.1 Å². The highest BCUT2D eigenvalue weighted by molar-refractivity contribution is 6.28. The molecule has 1 N–H and O–H groups in total. The zero-order valence-corrected chi connectivity index (χ0v) is 10.1. The largest absolute Gasteiger partial charge is 0.447 e. The van der Waals surface area contributed by atoms with E-state index in [9.17, 15) is 5.11 Å². The Morgan fingerprint density at radius 2 is 1.94 bits per heavy atom. The molecular formula is C14H10ClNO2. The van der Waals surface area contributed by atoms with E-state index in [1.54, 1.807) is 18.3 Å². The van der Waals surface area contributed by atoms with Crippen LogP contribution < -0.4 is 0 Å². The molecule has 0 saturated heterocycles. The van der Waals surface area contributed by atoms with Gasteiger partial charge in [0.05, 0.1) is 5.52 Å². The first-order valence-corrected chi connectivity index (χ1v) is 5.90. The maximum Gasteiger partial charge on any atom is 0.193 e. The Hall–Kier alpha value is -1.84. The number of aliphatic hydroxyl groups is 1. The number of benzene rings is 1. The second-order valence-corrected chi connectivity index (χ2v) is 4.34. The van der Waals surface area contributed by atoms with E-state index >= 15 is 0 Å². The van der Waals surface area contributed by atoms with Crippen molar-refractivity contribution in [3.05, 3.63) is 65.2 Å². The molecule has 18 heavy (non-hydrogen) atoms. The van der Waals surface area contributed by atoms with Gasteiger partial charge in [-0.15, -0.1) is 0 Å². The third-order valence-electron chi connectivity index (χ3n) is 2.82. The van der Waals surface area contributed by atoms with E-state index in [1.165, 1.54) is 0 Å². The molecule has 0 aliphatic rings. The van der Waals surface area contributed by atoms with E-state index in [0.29, 0.717) is 11.3 Å². The Balaban J connectivity index is 2.14. The van der Waals surface area contributed by atoms with E-state index in [1.807, 2.05) is 30.3 Å². The van der Waals surface area contributed by atoms with Crippen molar-refractivity contribution in [2.45, 2.75) is 6.10 Å². The molecule has 0 aliphatic heterocycles. The molecule has 1 atom stereocenters. The summed E-state index contributed by atoms with van der Waals surface area (Å²) in [6, 6.07) is 12.8. The number of aliphatic hydroxyl groups excluding tert-OH is 1. The van der Waals surface area contributed by atoms with Gasteiger partial charge in [-0.05, 0) is 29.8 Å². The maximum atomic E-state index is 10.3. The van der Waals surface area contributed by atoms with E-state index in [4.69, 9.17) is 16.0 Å². The molecule has 0 radical (unpaired) electrons. The summed E-state index contributed by atoms with van der Waals surface area (Å²) >= 11 is 5.72. The van der Waals surface area contributed by atoms with Crippen LogP contribution in [0.5, 0.6) is 0 Å². The van der Waals surface area contributed by atoms with E-state index in [-0.39, 0.29) is 5.22 Å². The van der Waals surface area contributed by atoms with Crippen molar-refractivity contribution in [1.82, 2.24) is 4.98 Å². The van der Waals surface area contributed by atoms with Gasteiger partial charge in [-0.1, -0.05) is 24.3 Å². The molecule has 0 amide bonds. The lowest BCUT2D eigenvalue weighted by atomic mass is 10.0. The van der Waals surface area contributed by atoms with Crippen LogP contribution >= 0.6 is 11.6 Å². The number of hydrogen-bond acceptors (Lipinski definition) is 3. The van der Waals surface area contributed by atoms with E-state index in [0.717, 1.165) is 10.9 Å². The van der Waals surface area contributed by atoms with Gasteiger partial charge in [0.25, 0.3) is 0 Å². The first-order chi connectivity index (χ1) is 8.75. The van der Waals surface area contributed by atoms with Gasteiger partial charge in [0.2, 0.25) is 0 Å². The summed E-state index contributed by atoms with van der Waals surface area (Å²) in [6.07, 6.45) is 0.837. The highest BCUT2D eigenvalue weighted by Gasteiger charge is 2.17. The van der Waals surface area contributed by atoms with Crippen molar-refractivity contribution in [1.29, 1.82) is 0 Å². The van der Waals surface area contributed by atoms with Gasteiger partial charge in [-0.2, -0.15) is 0 Å². The van der Waals surface area contributed by atoms with Crippen LogP contribution in [0.25, 0.3) is 10.9 Å². The highest BCUT2D eigenvalue weighted by atomic mass is 35.5. The Bertz CT molecular complexity index is 688. The second kappa shape index (κ2) is 4.44. The quantitative estimate of drug-likeness (QED) is 0.765. The lowest BCUT2D eigenvalue weighted by molar-refractivity contribution is 0.191. The van der Waals surface area contributed by atoms with Crippen LogP contribution in [-0.2, 0) is 0 Å². The molecule has 1 aromatic carbocycles. The Kier molecular flexibility index (Phi) is 2.78. The predicted molar refractivity (Wildman–Crippen MR) is 69.5 cm³/mol. The average molecular weight is 260 g/mol. The zero-order chi connectivity index (χ0) is 12.5. The lowest BCUT2D eigenvalue weighted by Gasteiger charge is -2.10. The standard InChI is InChI=1S/C14H10ClNO2/c15-12-7-6-11(18-12)14(17)10-5-1-3-9-4-2-8-16-13(9)10/h1-8,14,17H. The van der Waals surface area contributed by atoms with Gasteiger partial charge >= 0.3 is 0 Å². The second-order valence-electron chi connectivity index (χ2n) is 3.97. The number of nitrogens with zero attached hydrogens (tertiary/aromatic N) is 1. The van der Waals surface area contributed by atoms with Crippen molar-refractivity contribution in [3.8, 4) is 0 Å². The number of para-hydroxylation sites is 1. The van der Waals surface area contributed by atoms with Crippen LogP contribution in [0.2, 0.25) is 5.22 Å². The lowest BCUT2D eigenvalue weighted by Crippen LogP contribution is -1.99. The molecule has 3 rings (SSSR count). The van der Waals surface area contributed by atoms with Crippen molar-refractivity contribution >= 4 is 22.5 Å². The van der Waals surface area contributed by atoms with Crippen LogP contribution in [0.3, 0.4) is 0 Å². The van der Waals surface area contributed by atoms with Gasteiger partial charge in [0, 0.05) is 17.1 Å².